The van der Waals surface area contributed by atoms with Gasteiger partial charge in [-0.05, 0) is 48.4 Å². The first-order valence-corrected chi connectivity index (χ1v) is 10.5. The summed E-state index contributed by atoms with van der Waals surface area (Å²) in [6, 6.07) is 12.7. The van der Waals surface area contributed by atoms with Crippen molar-refractivity contribution in [2.45, 2.75) is 12.6 Å². The summed E-state index contributed by atoms with van der Waals surface area (Å²) in [7, 11) is 3.87. The quantitative estimate of drug-likeness (QED) is 0.692. The van der Waals surface area contributed by atoms with E-state index in [4.69, 9.17) is 17.0 Å². The van der Waals surface area contributed by atoms with E-state index in [-0.39, 0.29) is 0 Å². The Morgan fingerprint density at radius 3 is 2.52 bits per heavy atom. The van der Waals surface area contributed by atoms with Crippen LogP contribution in [0.15, 0.2) is 41.8 Å². The van der Waals surface area contributed by atoms with Crippen LogP contribution in [0.1, 0.15) is 16.5 Å². The van der Waals surface area contributed by atoms with Gasteiger partial charge in [0.25, 0.3) is 0 Å². The van der Waals surface area contributed by atoms with Gasteiger partial charge in [0.15, 0.2) is 5.11 Å². The number of methoxy groups -OCH3 is 1. The first kappa shape index (κ1) is 20.1. The van der Waals surface area contributed by atoms with Crippen LogP contribution in [-0.2, 0) is 6.54 Å². The average Bonchev–Trinajstić information content (AvgIpc) is 3.23. The number of hydrogen-bond donors (Lipinski definition) is 2. The Bertz CT molecular complexity index is 697. The highest BCUT2D eigenvalue weighted by atomic mass is 32.1. The highest BCUT2D eigenvalue weighted by Crippen LogP contribution is 2.25. The molecule has 2 N–H and O–H groups in total. The zero-order valence-electron chi connectivity index (χ0n) is 16.0. The Kier molecular flexibility index (Phi) is 7.46. The molecular formula is C20H28N4OS2. The molecule has 7 heteroatoms. The SMILES string of the molecule is COc1ccc(CNC(=S)NCC(c2cccs2)N2CCN(C)CC2)cc1. The fourth-order valence-electron chi connectivity index (χ4n) is 3.20. The molecule has 1 aliphatic heterocycles. The molecule has 0 aliphatic carbocycles. The summed E-state index contributed by atoms with van der Waals surface area (Å²) >= 11 is 7.32. The van der Waals surface area contributed by atoms with Crippen LogP contribution in [-0.4, -0.2) is 61.8 Å². The molecule has 146 valence electrons. The molecule has 1 aliphatic rings. The molecular weight excluding hydrogens is 376 g/mol. The third-order valence-corrected chi connectivity index (χ3v) is 6.18. The van der Waals surface area contributed by atoms with Crippen LogP contribution < -0.4 is 15.4 Å². The second kappa shape index (κ2) is 10.0. The molecule has 0 radical (unpaired) electrons. The summed E-state index contributed by atoms with van der Waals surface area (Å²) in [6.45, 7) is 5.93. The summed E-state index contributed by atoms with van der Waals surface area (Å²) < 4.78 is 5.19. The number of nitrogens with one attached hydrogen (secondary N) is 2. The van der Waals surface area contributed by atoms with E-state index in [0.29, 0.717) is 17.7 Å². The van der Waals surface area contributed by atoms with E-state index >= 15 is 0 Å². The molecule has 1 fully saturated rings. The van der Waals surface area contributed by atoms with Crippen molar-refractivity contribution in [1.29, 1.82) is 0 Å². The number of thiocarbonyl (C=S) groups is 1. The van der Waals surface area contributed by atoms with Gasteiger partial charge in [-0.25, -0.2) is 0 Å². The Balaban J connectivity index is 1.51. The molecule has 2 heterocycles. The molecule has 0 saturated carbocycles. The highest BCUT2D eigenvalue weighted by molar-refractivity contribution is 7.80. The molecule has 1 aromatic heterocycles. The predicted octanol–water partition coefficient (Wildman–Crippen LogP) is 2.71. The molecule has 27 heavy (non-hydrogen) atoms. The van der Waals surface area contributed by atoms with Crippen LogP contribution >= 0.6 is 23.6 Å². The molecule has 0 amide bonds. The highest BCUT2D eigenvalue weighted by Gasteiger charge is 2.24. The van der Waals surface area contributed by atoms with Crippen molar-refractivity contribution in [1.82, 2.24) is 20.4 Å². The fourth-order valence-corrected chi connectivity index (χ4v) is 4.22. The zero-order chi connectivity index (χ0) is 19.1. The van der Waals surface area contributed by atoms with Crippen molar-refractivity contribution in [2.24, 2.45) is 0 Å². The topological polar surface area (TPSA) is 39.8 Å². The van der Waals surface area contributed by atoms with Crippen LogP contribution in [0.5, 0.6) is 5.75 Å². The lowest BCUT2D eigenvalue weighted by molar-refractivity contribution is 0.114. The first-order valence-electron chi connectivity index (χ1n) is 9.26. The maximum Gasteiger partial charge on any atom is 0.166 e. The largest absolute Gasteiger partial charge is 0.497 e. The lowest BCUT2D eigenvalue weighted by atomic mass is 10.1. The molecule has 0 spiro atoms. The van der Waals surface area contributed by atoms with E-state index in [1.165, 1.54) is 10.4 Å². The summed E-state index contributed by atoms with van der Waals surface area (Å²) in [4.78, 5) is 6.34. The molecule has 1 aromatic carbocycles. The number of rotatable bonds is 7. The average molecular weight is 405 g/mol. The molecule has 2 aromatic rings. The van der Waals surface area contributed by atoms with E-state index in [2.05, 4.69) is 45.0 Å². The van der Waals surface area contributed by atoms with Gasteiger partial charge in [-0.2, -0.15) is 0 Å². The number of piperazine rings is 1. The summed E-state index contributed by atoms with van der Waals surface area (Å²) in [5.74, 6) is 0.866. The second-order valence-corrected chi connectivity index (χ2v) is 8.17. The van der Waals surface area contributed by atoms with Crippen molar-refractivity contribution in [3.8, 4) is 5.75 Å². The minimum absolute atomic E-state index is 0.361. The van der Waals surface area contributed by atoms with Crippen molar-refractivity contribution >= 4 is 28.7 Å². The minimum atomic E-state index is 0.361. The molecule has 1 saturated heterocycles. The summed E-state index contributed by atoms with van der Waals surface area (Å²) in [5, 5.41) is 9.57. The van der Waals surface area contributed by atoms with Crippen LogP contribution in [0.4, 0.5) is 0 Å². The smallest absolute Gasteiger partial charge is 0.166 e. The third kappa shape index (κ3) is 5.90. The molecule has 5 nitrogen and oxygen atoms in total. The third-order valence-electron chi connectivity index (χ3n) is 4.92. The Morgan fingerprint density at radius 1 is 1.15 bits per heavy atom. The van der Waals surface area contributed by atoms with Gasteiger partial charge < -0.3 is 20.3 Å². The minimum Gasteiger partial charge on any atom is -0.497 e. The van der Waals surface area contributed by atoms with Crippen molar-refractivity contribution < 1.29 is 4.74 Å². The van der Waals surface area contributed by atoms with Gasteiger partial charge in [-0.3, -0.25) is 4.90 Å². The molecule has 3 rings (SSSR count). The van der Waals surface area contributed by atoms with Gasteiger partial charge in [-0.1, -0.05) is 18.2 Å². The van der Waals surface area contributed by atoms with E-state index < -0.39 is 0 Å². The lowest BCUT2D eigenvalue weighted by Gasteiger charge is -2.37. The van der Waals surface area contributed by atoms with Gasteiger partial charge in [0, 0.05) is 44.1 Å². The predicted molar refractivity (Wildman–Crippen MR) is 117 cm³/mol. The molecule has 1 atom stereocenters. The maximum absolute atomic E-state index is 5.50. The van der Waals surface area contributed by atoms with Gasteiger partial charge in [0.05, 0.1) is 13.2 Å². The van der Waals surface area contributed by atoms with Crippen LogP contribution in [0.2, 0.25) is 0 Å². The van der Waals surface area contributed by atoms with E-state index in [9.17, 15) is 0 Å². The molecule has 0 bridgehead atoms. The van der Waals surface area contributed by atoms with Crippen LogP contribution in [0.3, 0.4) is 0 Å². The van der Waals surface area contributed by atoms with Crippen molar-refractivity contribution in [3.63, 3.8) is 0 Å². The van der Waals surface area contributed by atoms with Gasteiger partial charge in [0.2, 0.25) is 0 Å². The van der Waals surface area contributed by atoms with Crippen molar-refractivity contribution in [3.05, 3.63) is 52.2 Å². The van der Waals surface area contributed by atoms with E-state index in [1.54, 1.807) is 7.11 Å². The van der Waals surface area contributed by atoms with Gasteiger partial charge >= 0.3 is 0 Å². The Morgan fingerprint density at radius 2 is 1.89 bits per heavy atom. The Labute approximate surface area is 171 Å². The zero-order valence-corrected chi connectivity index (χ0v) is 17.6. The number of benzene rings is 1. The Hall–Kier alpha value is -1.67. The normalized spacial score (nSPS) is 16.7. The summed E-state index contributed by atoms with van der Waals surface area (Å²) in [6.07, 6.45) is 0. The van der Waals surface area contributed by atoms with Gasteiger partial charge in [0.1, 0.15) is 5.75 Å². The number of likely N-dealkylation sites (N-methyl/N-ethyl adjacent to an activating group) is 1. The number of ether oxygens (including phenoxy) is 1. The van der Waals surface area contributed by atoms with Crippen LogP contribution in [0, 0.1) is 0 Å². The fraction of sp³-hybridized carbons (Fsp3) is 0.450. The maximum atomic E-state index is 5.50. The number of hydrogen-bond acceptors (Lipinski definition) is 5. The lowest BCUT2D eigenvalue weighted by Crippen LogP contribution is -2.49. The van der Waals surface area contributed by atoms with E-state index in [0.717, 1.165) is 38.5 Å². The monoisotopic (exact) mass is 404 g/mol. The summed E-state index contributed by atoms with van der Waals surface area (Å²) in [5.41, 5.74) is 1.17. The van der Waals surface area contributed by atoms with Gasteiger partial charge in [-0.15, -0.1) is 11.3 Å². The number of nitrogens with zero attached hydrogens (tertiary/aromatic N) is 2. The van der Waals surface area contributed by atoms with Crippen molar-refractivity contribution in [2.75, 3.05) is 46.9 Å². The van der Waals surface area contributed by atoms with E-state index in [1.807, 2.05) is 35.6 Å². The van der Waals surface area contributed by atoms with Crippen LogP contribution in [0.25, 0.3) is 0 Å². The molecule has 1 unspecified atom stereocenters. The second-order valence-electron chi connectivity index (χ2n) is 6.78. The first-order chi connectivity index (χ1) is 13.2. The number of thiophene rings is 1. The standard InChI is InChI=1S/C20H28N4OS2/c1-23-9-11-24(12-10-23)18(19-4-3-13-27-19)15-22-20(26)21-14-16-5-7-17(25-2)8-6-16/h3-8,13,18H,9-12,14-15H2,1-2H3,(H2,21,22,26).